The standard InChI is InChI=1S/C27H30N4O5/c1-16-11-24(36-15-23(32)28-17(2)18-7-9-20(33-4)10-8-18)29-27-25(16)26(30-31(27)3)19-12-21(34-5)14-22(13-19)35-6/h7-14,17H,15H2,1-6H3,(H,28,32)/t17-/m0/s1. The van der Waals surface area contributed by atoms with Crippen molar-refractivity contribution in [2.45, 2.75) is 19.9 Å². The Balaban J connectivity index is 1.51. The first-order chi connectivity index (χ1) is 17.3. The highest BCUT2D eigenvalue weighted by atomic mass is 16.5. The van der Waals surface area contributed by atoms with Crippen molar-refractivity contribution in [3.8, 4) is 34.4 Å². The number of aryl methyl sites for hydroxylation is 2. The summed E-state index contributed by atoms with van der Waals surface area (Å²) in [5.41, 5.74) is 4.14. The van der Waals surface area contributed by atoms with Crippen LogP contribution in [0, 0.1) is 6.92 Å². The van der Waals surface area contributed by atoms with Crippen molar-refractivity contribution in [3.05, 3.63) is 59.7 Å². The minimum absolute atomic E-state index is 0.157. The number of hydrogen-bond acceptors (Lipinski definition) is 7. The van der Waals surface area contributed by atoms with Crippen molar-refractivity contribution in [1.29, 1.82) is 0 Å². The maximum absolute atomic E-state index is 12.5. The van der Waals surface area contributed by atoms with Crippen molar-refractivity contribution in [3.63, 3.8) is 0 Å². The molecule has 2 aromatic carbocycles. The Morgan fingerprint density at radius 1 is 0.972 bits per heavy atom. The lowest BCUT2D eigenvalue weighted by Gasteiger charge is -2.15. The van der Waals surface area contributed by atoms with Gasteiger partial charge in [-0.05, 0) is 49.2 Å². The topological polar surface area (TPSA) is 96.7 Å². The molecule has 0 aliphatic heterocycles. The number of nitrogens with one attached hydrogen (secondary N) is 1. The molecule has 0 fully saturated rings. The van der Waals surface area contributed by atoms with Crippen molar-refractivity contribution < 1.29 is 23.7 Å². The molecule has 4 aromatic rings. The fourth-order valence-electron chi connectivity index (χ4n) is 4.02. The molecule has 0 saturated heterocycles. The molecule has 0 saturated carbocycles. The van der Waals surface area contributed by atoms with E-state index >= 15 is 0 Å². The summed E-state index contributed by atoms with van der Waals surface area (Å²) >= 11 is 0. The molecule has 1 N–H and O–H groups in total. The third-order valence-electron chi connectivity index (χ3n) is 5.94. The molecule has 9 nitrogen and oxygen atoms in total. The normalized spacial score (nSPS) is 11.7. The summed E-state index contributed by atoms with van der Waals surface area (Å²) in [5, 5.41) is 8.52. The molecule has 1 atom stereocenters. The van der Waals surface area contributed by atoms with E-state index in [2.05, 4.69) is 10.3 Å². The van der Waals surface area contributed by atoms with Gasteiger partial charge in [0, 0.05) is 24.7 Å². The molecular formula is C27H30N4O5. The van der Waals surface area contributed by atoms with Gasteiger partial charge in [-0.1, -0.05) is 12.1 Å². The van der Waals surface area contributed by atoms with E-state index in [0.717, 1.165) is 33.5 Å². The van der Waals surface area contributed by atoms with Gasteiger partial charge in [-0.3, -0.25) is 4.79 Å². The average Bonchev–Trinajstić information content (AvgIpc) is 3.23. The lowest BCUT2D eigenvalue weighted by Crippen LogP contribution is -2.31. The van der Waals surface area contributed by atoms with Crippen LogP contribution < -0.4 is 24.3 Å². The van der Waals surface area contributed by atoms with E-state index < -0.39 is 0 Å². The van der Waals surface area contributed by atoms with Crippen LogP contribution in [-0.2, 0) is 11.8 Å². The third kappa shape index (κ3) is 5.19. The van der Waals surface area contributed by atoms with Crippen LogP contribution in [0.15, 0.2) is 48.5 Å². The Hall–Kier alpha value is -4.27. The molecule has 2 aromatic heterocycles. The molecule has 0 aliphatic rings. The van der Waals surface area contributed by atoms with Crippen molar-refractivity contribution in [2.75, 3.05) is 27.9 Å². The quantitative estimate of drug-likeness (QED) is 0.375. The van der Waals surface area contributed by atoms with Crippen molar-refractivity contribution in [2.24, 2.45) is 7.05 Å². The second-order valence-corrected chi connectivity index (χ2v) is 8.40. The third-order valence-corrected chi connectivity index (χ3v) is 5.94. The van der Waals surface area contributed by atoms with Gasteiger partial charge in [-0.2, -0.15) is 10.1 Å². The first-order valence-corrected chi connectivity index (χ1v) is 11.5. The summed E-state index contributed by atoms with van der Waals surface area (Å²) in [6.45, 7) is 3.72. The van der Waals surface area contributed by atoms with Crippen LogP contribution in [0.3, 0.4) is 0 Å². The van der Waals surface area contributed by atoms with E-state index in [1.165, 1.54) is 0 Å². The Morgan fingerprint density at radius 2 is 1.61 bits per heavy atom. The number of nitrogens with zero attached hydrogens (tertiary/aromatic N) is 3. The van der Waals surface area contributed by atoms with Gasteiger partial charge in [-0.25, -0.2) is 4.68 Å². The monoisotopic (exact) mass is 490 g/mol. The van der Waals surface area contributed by atoms with Crippen LogP contribution in [0.25, 0.3) is 22.3 Å². The summed E-state index contributed by atoms with van der Waals surface area (Å²) in [4.78, 5) is 17.1. The SMILES string of the molecule is COc1ccc([C@H](C)NC(=O)COc2cc(C)c3c(-c4cc(OC)cc(OC)c4)nn(C)c3n2)cc1. The van der Waals surface area contributed by atoms with E-state index in [4.69, 9.17) is 24.0 Å². The van der Waals surface area contributed by atoms with Gasteiger partial charge in [0.15, 0.2) is 12.3 Å². The van der Waals surface area contributed by atoms with Crippen molar-refractivity contribution >= 4 is 16.9 Å². The molecule has 0 aliphatic carbocycles. The second-order valence-electron chi connectivity index (χ2n) is 8.40. The zero-order valence-corrected chi connectivity index (χ0v) is 21.3. The molecule has 0 unspecified atom stereocenters. The van der Waals surface area contributed by atoms with Crippen LogP contribution in [-0.4, -0.2) is 48.6 Å². The number of hydrogen-bond donors (Lipinski definition) is 1. The zero-order chi connectivity index (χ0) is 25.8. The Bertz CT molecular complexity index is 1360. The summed E-state index contributed by atoms with van der Waals surface area (Å²) in [7, 11) is 6.66. The first-order valence-electron chi connectivity index (χ1n) is 11.5. The fraction of sp³-hybridized carbons (Fsp3) is 0.296. The number of fused-ring (bicyclic) bond motifs is 1. The minimum atomic E-state index is -0.243. The van der Waals surface area contributed by atoms with Crippen LogP contribution in [0.1, 0.15) is 24.1 Å². The Morgan fingerprint density at radius 3 is 2.22 bits per heavy atom. The number of amides is 1. The lowest BCUT2D eigenvalue weighted by molar-refractivity contribution is -0.123. The van der Waals surface area contributed by atoms with Gasteiger partial charge in [0.05, 0.1) is 32.8 Å². The van der Waals surface area contributed by atoms with E-state index in [0.29, 0.717) is 23.0 Å². The lowest BCUT2D eigenvalue weighted by atomic mass is 10.1. The number of rotatable bonds is 9. The molecule has 36 heavy (non-hydrogen) atoms. The van der Waals surface area contributed by atoms with Crippen LogP contribution in [0.2, 0.25) is 0 Å². The molecular weight excluding hydrogens is 460 g/mol. The van der Waals surface area contributed by atoms with E-state index in [1.54, 1.807) is 26.0 Å². The smallest absolute Gasteiger partial charge is 0.258 e. The number of pyridine rings is 1. The summed E-state index contributed by atoms with van der Waals surface area (Å²) in [6, 6.07) is 14.8. The average molecular weight is 491 g/mol. The van der Waals surface area contributed by atoms with Crippen molar-refractivity contribution in [1.82, 2.24) is 20.1 Å². The van der Waals surface area contributed by atoms with Gasteiger partial charge in [0.2, 0.25) is 5.88 Å². The first kappa shape index (κ1) is 24.8. The van der Waals surface area contributed by atoms with Crippen LogP contribution in [0.5, 0.6) is 23.1 Å². The number of aromatic nitrogens is 3. The van der Waals surface area contributed by atoms with E-state index in [1.807, 2.05) is 69.4 Å². The molecule has 1 amide bonds. The number of benzene rings is 2. The molecule has 9 heteroatoms. The van der Waals surface area contributed by atoms with Gasteiger partial charge >= 0.3 is 0 Å². The number of ether oxygens (including phenoxy) is 4. The number of carbonyl (C=O) groups excluding carboxylic acids is 1. The zero-order valence-electron chi connectivity index (χ0n) is 21.3. The summed E-state index contributed by atoms with van der Waals surface area (Å²) in [6.07, 6.45) is 0. The second kappa shape index (κ2) is 10.6. The molecule has 188 valence electrons. The molecule has 0 radical (unpaired) electrons. The maximum atomic E-state index is 12.5. The predicted octanol–water partition coefficient (Wildman–Crippen LogP) is 4.23. The highest BCUT2D eigenvalue weighted by Gasteiger charge is 2.18. The summed E-state index contributed by atoms with van der Waals surface area (Å²) in [5.74, 6) is 2.21. The van der Waals surface area contributed by atoms with E-state index in [-0.39, 0.29) is 18.6 Å². The summed E-state index contributed by atoms with van der Waals surface area (Å²) < 4.78 is 23.5. The highest BCUT2D eigenvalue weighted by Crippen LogP contribution is 2.35. The fourth-order valence-corrected chi connectivity index (χ4v) is 4.02. The molecule has 0 spiro atoms. The van der Waals surface area contributed by atoms with Crippen LogP contribution in [0.4, 0.5) is 0 Å². The van der Waals surface area contributed by atoms with E-state index in [9.17, 15) is 4.79 Å². The minimum Gasteiger partial charge on any atom is -0.497 e. The highest BCUT2D eigenvalue weighted by molar-refractivity contribution is 5.94. The maximum Gasteiger partial charge on any atom is 0.258 e. The van der Waals surface area contributed by atoms with Crippen LogP contribution >= 0.6 is 0 Å². The Kier molecular flexibility index (Phi) is 7.28. The Labute approximate surface area is 210 Å². The molecule has 2 heterocycles. The largest absolute Gasteiger partial charge is 0.497 e. The number of carbonyl (C=O) groups is 1. The van der Waals surface area contributed by atoms with Gasteiger partial charge in [0.1, 0.15) is 22.9 Å². The van der Waals surface area contributed by atoms with Gasteiger partial charge in [0.25, 0.3) is 5.91 Å². The number of methoxy groups -OCH3 is 3. The molecule has 4 rings (SSSR count). The van der Waals surface area contributed by atoms with Gasteiger partial charge in [-0.15, -0.1) is 0 Å². The predicted molar refractivity (Wildman–Crippen MR) is 137 cm³/mol. The molecule has 0 bridgehead atoms. The van der Waals surface area contributed by atoms with Gasteiger partial charge < -0.3 is 24.3 Å².